The topological polar surface area (TPSA) is 75.9 Å². The lowest BCUT2D eigenvalue weighted by molar-refractivity contribution is -0.121. The number of aromatic nitrogens is 4. The number of amides is 1. The van der Waals surface area contributed by atoms with Crippen LogP contribution < -0.4 is 10.2 Å². The van der Waals surface area contributed by atoms with Crippen molar-refractivity contribution in [1.29, 1.82) is 0 Å². The van der Waals surface area contributed by atoms with Crippen LogP contribution in [0.15, 0.2) is 41.6 Å². The number of carbonyl (C=O) groups is 1. The largest absolute Gasteiger partial charge is 0.356 e. The average Bonchev–Trinajstić information content (AvgIpc) is 3.45. The van der Waals surface area contributed by atoms with Crippen molar-refractivity contribution in [3.05, 3.63) is 59.2 Å². The first kappa shape index (κ1) is 22.3. The van der Waals surface area contributed by atoms with Gasteiger partial charge in [0.2, 0.25) is 5.91 Å². The number of thioether (sulfide) groups is 1. The first-order valence-corrected chi connectivity index (χ1v) is 12.3. The molecule has 8 heteroatoms. The number of hydrogen-bond donors (Lipinski definition) is 1. The molecule has 3 aromatic rings. The number of carbonyl (C=O) groups excluding carboxylic acids is 1. The lowest BCUT2D eigenvalue weighted by atomic mass is 10.1. The van der Waals surface area contributed by atoms with E-state index in [1.807, 2.05) is 24.6 Å². The predicted molar refractivity (Wildman–Crippen MR) is 128 cm³/mol. The van der Waals surface area contributed by atoms with Crippen LogP contribution in [0.2, 0.25) is 0 Å². The standard InChI is InChI=1S/C24H30N6OS/c1-17-21(10-11-24(31)25-15-19-6-8-20(32-3)9-7-19)18(2)30(28-17)23-14-22(26-16-27-23)29-12-4-5-13-29/h6-9,14,16H,4-5,10-13,15H2,1-3H3,(H,25,31). The maximum absolute atomic E-state index is 12.4. The van der Waals surface area contributed by atoms with Gasteiger partial charge in [-0.15, -0.1) is 11.8 Å². The number of rotatable bonds is 8. The summed E-state index contributed by atoms with van der Waals surface area (Å²) in [5, 5.41) is 7.73. The van der Waals surface area contributed by atoms with E-state index in [2.05, 4.69) is 50.7 Å². The molecule has 168 valence electrons. The van der Waals surface area contributed by atoms with Crippen LogP contribution >= 0.6 is 11.8 Å². The van der Waals surface area contributed by atoms with Crippen LogP contribution in [0.3, 0.4) is 0 Å². The lowest BCUT2D eigenvalue weighted by Crippen LogP contribution is -2.23. The minimum absolute atomic E-state index is 0.0452. The van der Waals surface area contributed by atoms with Crippen molar-refractivity contribution in [2.24, 2.45) is 0 Å². The zero-order chi connectivity index (χ0) is 22.5. The Morgan fingerprint density at radius 2 is 1.81 bits per heavy atom. The van der Waals surface area contributed by atoms with Gasteiger partial charge in [-0.25, -0.2) is 14.6 Å². The van der Waals surface area contributed by atoms with Gasteiger partial charge in [0.25, 0.3) is 0 Å². The molecular weight excluding hydrogens is 420 g/mol. The molecule has 1 fully saturated rings. The highest BCUT2D eigenvalue weighted by atomic mass is 32.2. The van der Waals surface area contributed by atoms with Gasteiger partial charge in [-0.3, -0.25) is 4.79 Å². The molecule has 0 aliphatic carbocycles. The van der Waals surface area contributed by atoms with E-state index in [1.165, 1.54) is 17.7 Å². The normalized spacial score (nSPS) is 13.5. The Labute approximate surface area is 193 Å². The van der Waals surface area contributed by atoms with Gasteiger partial charge >= 0.3 is 0 Å². The van der Waals surface area contributed by atoms with Crippen LogP contribution in [0.25, 0.3) is 5.82 Å². The molecule has 4 rings (SSSR count). The number of benzene rings is 1. The second-order valence-corrected chi connectivity index (χ2v) is 8.99. The van der Waals surface area contributed by atoms with E-state index in [0.29, 0.717) is 19.4 Å². The fraction of sp³-hybridized carbons (Fsp3) is 0.417. The monoisotopic (exact) mass is 450 g/mol. The number of hydrogen-bond acceptors (Lipinski definition) is 6. The zero-order valence-corrected chi connectivity index (χ0v) is 19.8. The molecule has 1 aliphatic rings. The third-order valence-corrected chi connectivity index (χ3v) is 6.72. The van der Waals surface area contributed by atoms with Gasteiger partial charge in [0.1, 0.15) is 12.1 Å². The van der Waals surface area contributed by atoms with E-state index >= 15 is 0 Å². The van der Waals surface area contributed by atoms with Gasteiger partial charge in [-0.2, -0.15) is 5.10 Å². The van der Waals surface area contributed by atoms with E-state index < -0.39 is 0 Å². The fourth-order valence-corrected chi connectivity index (χ4v) is 4.51. The molecule has 2 aromatic heterocycles. The fourth-order valence-electron chi connectivity index (χ4n) is 4.10. The molecule has 1 aromatic carbocycles. The van der Waals surface area contributed by atoms with Crippen molar-refractivity contribution < 1.29 is 4.79 Å². The Morgan fingerprint density at radius 3 is 2.53 bits per heavy atom. The Kier molecular flexibility index (Phi) is 7.09. The average molecular weight is 451 g/mol. The molecule has 0 radical (unpaired) electrons. The number of aryl methyl sites for hydroxylation is 1. The Bertz CT molecular complexity index is 1070. The summed E-state index contributed by atoms with van der Waals surface area (Å²) in [6.07, 6.45) is 7.15. The van der Waals surface area contributed by atoms with E-state index in [1.54, 1.807) is 18.1 Å². The Balaban J connectivity index is 1.38. The summed E-state index contributed by atoms with van der Waals surface area (Å²) in [6.45, 7) is 6.65. The Hall–Kier alpha value is -2.87. The van der Waals surface area contributed by atoms with Crippen LogP contribution in [-0.4, -0.2) is 45.0 Å². The van der Waals surface area contributed by atoms with Gasteiger partial charge in [0, 0.05) is 42.7 Å². The number of anilines is 1. The van der Waals surface area contributed by atoms with E-state index in [4.69, 9.17) is 5.10 Å². The maximum Gasteiger partial charge on any atom is 0.220 e. The molecule has 1 amide bonds. The number of nitrogens with zero attached hydrogens (tertiary/aromatic N) is 5. The summed E-state index contributed by atoms with van der Waals surface area (Å²) in [7, 11) is 0. The molecule has 0 bridgehead atoms. The molecule has 1 aliphatic heterocycles. The first-order valence-electron chi connectivity index (χ1n) is 11.1. The summed E-state index contributed by atoms with van der Waals surface area (Å²) < 4.78 is 1.87. The zero-order valence-electron chi connectivity index (χ0n) is 19.0. The van der Waals surface area contributed by atoms with Crippen molar-refractivity contribution >= 4 is 23.5 Å². The van der Waals surface area contributed by atoms with Crippen LogP contribution in [0.5, 0.6) is 0 Å². The minimum Gasteiger partial charge on any atom is -0.356 e. The molecule has 1 saturated heterocycles. The van der Waals surface area contributed by atoms with E-state index in [0.717, 1.165) is 47.2 Å². The summed E-state index contributed by atoms with van der Waals surface area (Å²) in [5.74, 6) is 1.77. The molecule has 32 heavy (non-hydrogen) atoms. The highest BCUT2D eigenvalue weighted by Gasteiger charge is 2.18. The van der Waals surface area contributed by atoms with E-state index in [9.17, 15) is 4.79 Å². The van der Waals surface area contributed by atoms with Gasteiger partial charge in [0.15, 0.2) is 5.82 Å². The predicted octanol–water partition coefficient (Wildman–Crippen LogP) is 3.85. The van der Waals surface area contributed by atoms with Crippen LogP contribution in [0, 0.1) is 13.8 Å². The van der Waals surface area contributed by atoms with Crippen LogP contribution in [0.4, 0.5) is 5.82 Å². The molecule has 0 saturated carbocycles. The molecule has 0 atom stereocenters. The molecule has 0 unspecified atom stereocenters. The van der Waals surface area contributed by atoms with Gasteiger partial charge in [-0.1, -0.05) is 12.1 Å². The highest BCUT2D eigenvalue weighted by molar-refractivity contribution is 7.98. The quantitative estimate of drug-likeness (QED) is 0.526. The van der Waals surface area contributed by atoms with Gasteiger partial charge in [-0.05, 0) is 62.6 Å². The second-order valence-electron chi connectivity index (χ2n) is 8.11. The molecule has 1 N–H and O–H groups in total. The summed E-state index contributed by atoms with van der Waals surface area (Å²) in [4.78, 5) is 24.8. The van der Waals surface area contributed by atoms with Gasteiger partial charge in [0.05, 0.1) is 5.69 Å². The van der Waals surface area contributed by atoms with Crippen molar-refractivity contribution in [3.8, 4) is 5.82 Å². The second kappa shape index (κ2) is 10.2. The van der Waals surface area contributed by atoms with Crippen molar-refractivity contribution in [2.75, 3.05) is 24.2 Å². The molecular formula is C24H30N6OS. The smallest absolute Gasteiger partial charge is 0.220 e. The first-order chi connectivity index (χ1) is 15.5. The molecule has 7 nitrogen and oxygen atoms in total. The van der Waals surface area contributed by atoms with Gasteiger partial charge < -0.3 is 10.2 Å². The summed E-state index contributed by atoms with van der Waals surface area (Å²) in [6, 6.07) is 10.3. The SMILES string of the molecule is CSc1ccc(CNC(=O)CCc2c(C)nn(-c3cc(N4CCCC4)ncn3)c2C)cc1. The maximum atomic E-state index is 12.4. The Morgan fingerprint density at radius 1 is 1.09 bits per heavy atom. The molecule has 3 heterocycles. The van der Waals surface area contributed by atoms with E-state index in [-0.39, 0.29) is 5.91 Å². The van der Waals surface area contributed by atoms with Crippen molar-refractivity contribution in [3.63, 3.8) is 0 Å². The highest BCUT2D eigenvalue weighted by Crippen LogP contribution is 2.22. The minimum atomic E-state index is 0.0452. The van der Waals surface area contributed by atoms with Crippen LogP contribution in [-0.2, 0) is 17.8 Å². The lowest BCUT2D eigenvalue weighted by Gasteiger charge is -2.16. The summed E-state index contributed by atoms with van der Waals surface area (Å²) in [5.41, 5.74) is 4.16. The third-order valence-electron chi connectivity index (χ3n) is 5.98. The van der Waals surface area contributed by atoms with Crippen molar-refractivity contribution in [1.82, 2.24) is 25.1 Å². The summed E-state index contributed by atoms with van der Waals surface area (Å²) >= 11 is 1.71. The number of nitrogens with one attached hydrogen (secondary N) is 1. The van der Waals surface area contributed by atoms with Crippen molar-refractivity contribution in [2.45, 2.75) is 51.0 Å². The van der Waals surface area contributed by atoms with Crippen LogP contribution in [0.1, 0.15) is 41.8 Å². The third kappa shape index (κ3) is 5.12. The molecule has 0 spiro atoms.